The predicted octanol–water partition coefficient (Wildman–Crippen LogP) is 8.08. The molecular formula is C51H69FN10O6S2. The number of carbonyl (C=O) groups is 4. The number of hydrogen-bond acceptors (Lipinski definition) is 14. The molecule has 70 heavy (non-hydrogen) atoms. The van der Waals surface area contributed by atoms with E-state index in [-0.39, 0.29) is 58.2 Å². The molecule has 0 unspecified atom stereocenters. The Balaban J connectivity index is 0.000000188. The fourth-order valence-electron chi connectivity index (χ4n) is 9.87. The van der Waals surface area contributed by atoms with Gasteiger partial charge in [-0.15, -0.1) is 22.7 Å². The normalized spacial score (nSPS) is 21.2. The van der Waals surface area contributed by atoms with Gasteiger partial charge < -0.3 is 41.3 Å². The molecule has 0 radical (unpaired) electrons. The number of nitrogens with zero attached hydrogens (tertiary/aromatic N) is 6. The summed E-state index contributed by atoms with van der Waals surface area (Å²) in [6.45, 7) is 10.6. The Hall–Kier alpha value is -5.11. The number of anilines is 2. The lowest BCUT2D eigenvalue weighted by molar-refractivity contribution is 0.0561. The van der Waals surface area contributed by atoms with E-state index >= 15 is 0 Å². The van der Waals surface area contributed by atoms with Gasteiger partial charge in [-0.2, -0.15) is 0 Å². The summed E-state index contributed by atoms with van der Waals surface area (Å²) in [6.07, 6.45) is 16.8. The summed E-state index contributed by atoms with van der Waals surface area (Å²) < 4.78 is 13.7. The lowest BCUT2D eigenvalue weighted by Gasteiger charge is -2.31. The molecule has 4 aromatic rings. The number of rotatable bonds is 13. The van der Waals surface area contributed by atoms with Crippen molar-refractivity contribution in [2.45, 2.75) is 173 Å². The summed E-state index contributed by atoms with van der Waals surface area (Å²) >= 11 is 2.38. The van der Waals surface area contributed by atoms with E-state index in [1.54, 1.807) is 31.1 Å². The molecule has 1 atom stereocenters. The minimum atomic E-state index is -1.08. The number of likely N-dealkylation sites (tertiary alicyclic amines) is 2. The second kappa shape index (κ2) is 22.5. The lowest BCUT2D eigenvalue weighted by atomic mass is 9.89. The number of nitrogens with one attached hydrogen (secondary N) is 4. The highest BCUT2D eigenvalue weighted by atomic mass is 32.1. The lowest BCUT2D eigenvalue weighted by Crippen LogP contribution is -2.46. The average Bonchev–Trinajstić information content (AvgIpc) is 4.16. The molecule has 2 aliphatic heterocycles. The number of amides is 4. The third-order valence-electron chi connectivity index (χ3n) is 14.1. The molecule has 16 nitrogen and oxygen atoms in total. The van der Waals surface area contributed by atoms with E-state index < -0.39 is 17.7 Å². The number of hydrogen-bond donors (Lipinski definition) is 6. The molecule has 0 aromatic carbocycles. The van der Waals surface area contributed by atoms with E-state index in [1.807, 2.05) is 30.9 Å². The van der Waals surface area contributed by atoms with Crippen molar-refractivity contribution in [1.82, 2.24) is 40.4 Å². The molecule has 19 heteroatoms. The molecule has 4 aromatic heterocycles. The number of aryl methyl sites for hydroxylation is 2. The Morgan fingerprint density at radius 3 is 1.71 bits per heavy atom. The van der Waals surface area contributed by atoms with Gasteiger partial charge in [-0.1, -0.05) is 32.1 Å². The highest BCUT2D eigenvalue weighted by molar-refractivity contribution is 7.17. The van der Waals surface area contributed by atoms with E-state index in [2.05, 4.69) is 48.1 Å². The first kappa shape index (κ1) is 51.3. The number of aliphatic hydroxyl groups excluding tert-OH is 1. The fraction of sp³-hybridized carbons (Fsp3) is 0.608. The molecule has 0 spiro atoms. The van der Waals surface area contributed by atoms with Gasteiger partial charge in [0.1, 0.15) is 29.2 Å². The maximum atomic E-state index is 13.7. The van der Waals surface area contributed by atoms with Crippen molar-refractivity contribution >= 4 is 57.9 Å². The number of piperidine rings is 1. The first-order valence-electron chi connectivity index (χ1n) is 25.2. The van der Waals surface area contributed by atoms with Gasteiger partial charge >= 0.3 is 0 Å². The number of carbonyl (C=O) groups excluding carboxylic acids is 4. The van der Waals surface area contributed by atoms with Crippen LogP contribution in [0.5, 0.6) is 0 Å². The molecule has 6 N–H and O–H groups in total. The van der Waals surface area contributed by atoms with E-state index in [9.17, 15) is 33.8 Å². The highest BCUT2D eigenvalue weighted by Crippen LogP contribution is 2.37. The second-order valence-electron chi connectivity index (χ2n) is 20.5. The van der Waals surface area contributed by atoms with Crippen molar-refractivity contribution < 1.29 is 33.8 Å². The van der Waals surface area contributed by atoms with Crippen molar-refractivity contribution in [3.05, 3.63) is 57.1 Å². The van der Waals surface area contributed by atoms with Crippen LogP contribution in [-0.4, -0.2) is 132 Å². The first-order valence-corrected chi connectivity index (χ1v) is 26.9. The van der Waals surface area contributed by atoms with Crippen LogP contribution in [0.2, 0.25) is 0 Å². The molecule has 6 heterocycles. The Kier molecular flexibility index (Phi) is 16.5. The van der Waals surface area contributed by atoms with Gasteiger partial charge in [0.05, 0.1) is 21.5 Å². The maximum Gasteiger partial charge on any atom is 0.280 e. The zero-order valence-electron chi connectivity index (χ0n) is 41.1. The van der Waals surface area contributed by atoms with E-state index in [0.29, 0.717) is 72.8 Å². The van der Waals surface area contributed by atoms with Crippen LogP contribution < -0.4 is 21.3 Å². The minimum absolute atomic E-state index is 0.0445. The molecule has 9 rings (SSSR count). The third-order valence-corrected chi connectivity index (χ3v) is 16.3. The minimum Gasteiger partial charge on any atom is -0.393 e. The summed E-state index contributed by atoms with van der Waals surface area (Å²) in [7, 11) is 0. The van der Waals surface area contributed by atoms with Crippen LogP contribution in [0.3, 0.4) is 0 Å². The van der Waals surface area contributed by atoms with E-state index in [4.69, 9.17) is 0 Å². The number of halogens is 1. The van der Waals surface area contributed by atoms with E-state index in [1.165, 1.54) is 56.3 Å². The van der Waals surface area contributed by atoms with Crippen LogP contribution >= 0.6 is 22.7 Å². The standard InChI is InChI=1S/C26H36FN5O3S.C25H33N5O3S/c1-16-13-20(30-18-7-5-4-6-8-18)28-14-19(16)22-21(25(34)32-11-9-17(27)10-12-32)31-24(36-22)23(33)29-15-26(2,3)35;1-14-10-20(27-16-7-3-4-8-16)26-13-19(14)22-21(25(33)30-9-5-6-15(30)2)29-24(34-22)23(32)28-17-11-18(31)12-17/h13-14,17-18,35H,4-12,15H2,1-3H3,(H,28,30)(H,29,33);10,13,15-18,31H,3-9,11-12H2,1-2H3,(H,26,27)(H,28,32)/t;15-,17?,18?/m.0/s1. The molecule has 5 fully saturated rings. The van der Waals surface area contributed by atoms with Gasteiger partial charge in [-0.25, -0.2) is 24.3 Å². The maximum absolute atomic E-state index is 13.7. The highest BCUT2D eigenvalue weighted by Gasteiger charge is 2.35. The fourth-order valence-corrected chi connectivity index (χ4v) is 12.0. The smallest absolute Gasteiger partial charge is 0.280 e. The number of pyridine rings is 2. The molecule has 3 saturated carbocycles. The number of alkyl halides is 1. The van der Waals surface area contributed by atoms with Gasteiger partial charge in [0.2, 0.25) is 0 Å². The number of thiazole rings is 2. The summed E-state index contributed by atoms with van der Waals surface area (Å²) in [5, 5.41) is 32.6. The topological polar surface area (TPSA) is 215 Å². The van der Waals surface area contributed by atoms with Crippen LogP contribution in [-0.2, 0) is 0 Å². The second-order valence-corrected chi connectivity index (χ2v) is 22.5. The van der Waals surface area contributed by atoms with Gasteiger partial charge in [-0.3, -0.25) is 19.2 Å². The average molecular weight is 1000 g/mol. The first-order chi connectivity index (χ1) is 33.5. The summed E-state index contributed by atoms with van der Waals surface area (Å²) in [6, 6.07) is 5.00. The molecule has 5 aliphatic rings. The monoisotopic (exact) mass is 1000 g/mol. The predicted molar refractivity (Wildman–Crippen MR) is 271 cm³/mol. The number of aromatic nitrogens is 4. The summed E-state index contributed by atoms with van der Waals surface area (Å²) in [5.74, 6) is 0.474. The van der Waals surface area contributed by atoms with Crippen LogP contribution in [0.1, 0.15) is 169 Å². The zero-order valence-corrected chi connectivity index (χ0v) is 42.7. The third kappa shape index (κ3) is 12.7. The SMILES string of the molecule is Cc1cc(NC2CCCC2)ncc1-c1sc(C(=O)NC2CC(O)C2)nc1C(=O)N1CCC[C@@H]1C.Cc1cc(NC2CCCCC2)ncc1-c1sc(C(=O)NCC(C)(C)O)nc1C(=O)N1CCC(F)CC1. The quantitative estimate of drug-likeness (QED) is 0.0750. The Morgan fingerprint density at radius 2 is 1.23 bits per heavy atom. The van der Waals surface area contributed by atoms with Crippen LogP contribution in [0.4, 0.5) is 16.0 Å². The van der Waals surface area contributed by atoms with Crippen molar-refractivity contribution in [3.63, 3.8) is 0 Å². The largest absolute Gasteiger partial charge is 0.393 e. The van der Waals surface area contributed by atoms with E-state index in [0.717, 1.165) is 70.9 Å². The van der Waals surface area contributed by atoms with Crippen molar-refractivity contribution in [3.8, 4) is 20.9 Å². The van der Waals surface area contributed by atoms with Gasteiger partial charge in [0.25, 0.3) is 23.6 Å². The summed E-state index contributed by atoms with van der Waals surface area (Å²) in [4.78, 5) is 75.6. The van der Waals surface area contributed by atoms with Crippen LogP contribution in [0.15, 0.2) is 24.5 Å². The zero-order chi connectivity index (χ0) is 49.7. The molecule has 378 valence electrons. The molecule has 0 bridgehead atoms. The Labute approximate surface area is 418 Å². The Morgan fingerprint density at radius 1 is 0.714 bits per heavy atom. The molecular weight excluding hydrogens is 932 g/mol. The van der Waals surface area contributed by atoms with Crippen molar-refractivity contribution in [1.29, 1.82) is 0 Å². The number of aliphatic hydroxyl groups is 2. The van der Waals surface area contributed by atoms with Gasteiger partial charge in [0.15, 0.2) is 10.0 Å². The summed E-state index contributed by atoms with van der Waals surface area (Å²) in [5.41, 5.74) is 2.94. The molecule has 2 saturated heterocycles. The van der Waals surface area contributed by atoms with Gasteiger partial charge in [0, 0.05) is 73.9 Å². The van der Waals surface area contributed by atoms with Gasteiger partial charge in [-0.05, 0) is 122 Å². The van der Waals surface area contributed by atoms with Crippen molar-refractivity contribution in [2.75, 3.05) is 36.8 Å². The molecule has 4 amide bonds. The van der Waals surface area contributed by atoms with Crippen molar-refractivity contribution in [2.24, 2.45) is 0 Å². The van der Waals surface area contributed by atoms with Crippen LogP contribution in [0.25, 0.3) is 20.9 Å². The molecule has 3 aliphatic carbocycles. The Bertz CT molecular complexity index is 2500. The van der Waals surface area contributed by atoms with Crippen LogP contribution in [0, 0.1) is 13.8 Å².